The van der Waals surface area contributed by atoms with E-state index >= 15 is 0 Å². The Morgan fingerprint density at radius 1 is 1.28 bits per heavy atom. The second-order valence-corrected chi connectivity index (χ2v) is 4.09. The van der Waals surface area contributed by atoms with Crippen LogP contribution in [0.4, 0.5) is 0 Å². The van der Waals surface area contributed by atoms with Crippen molar-refractivity contribution in [2.45, 2.75) is 6.42 Å². The number of fused-ring (bicyclic) bond motifs is 1. The van der Waals surface area contributed by atoms with Crippen LogP contribution in [0.1, 0.15) is 15.9 Å². The molecule has 3 aromatic heterocycles. The van der Waals surface area contributed by atoms with Crippen molar-refractivity contribution in [1.82, 2.24) is 24.4 Å². The van der Waals surface area contributed by atoms with Crippen LogP contribution in [0.5, 0.6) is 0 Å². The molecule has 0 aromatic carbocycles. The normalized spacial score (nSPS) is 10.9. The Kier molecular flexibility index (Phi) is 2.40. The van der Waals surface area contributed by atoms with E-state index in [1.165, 1.54) is 0 Å². The molecule has 0 fully saturated rings. The first-order chi connectivity index (χ1) is 8.74. The summed E-state index contributed by atoms with van der Waals surface area (Å²) in [4.78, 5) is 16.2. The average molecular weight is 241 g/mol. The highest BCUT2D eigenvalue weighted by atomic mass is 16.1. The van der Waals surface area contributed by atoms with Crippen molar-refractivity contribution in [3.63, 3.8) is 0 Å². The molecule has 3 rings (SSSR count). The van der Waals surface area contributed by atoms with Crippen LogP contribution in [0.15, 0.2) is 37.2 Å². The largest absolute Gasteiger partial charge is 0.294 e. The third-order valence-corrected chi connectivity index (χ3v) is 2.75. The number of hydrogen-bond acceptors (Lipinski definition) is 4. The van der Waals surface area contributed by atoms with Gasteiger partial charge in [-0.05, 0) is 5.56 Å². The van der Waals surface area contributed by atoms with Crippen LogP contribution in [0.25, 0.3) is 5.52 Å². The number of nitrogens with zero attached hydrogens (tertiary/aromatic N) is 5. The predicted molar refractivity (Wildman–Crippen MR) is 64.2 cm³/mol. The number of ketones is 1. The molecule has 0 saturated heterocycles. The van der Waals surface area contributed by atoms with Crippen molar-refractivity contribution in [2.75, 3.05) is 0 Å². The Morgan fingerprint density at radius 3 is 2.94 bits per heavy atom. The molecule has 0 bridgehead atoms. The minimum absolute atomic E-state index is 0.0194. The van der Waals surface area contributed by atoms with E-state index in [9.17, 15) is 4.79 Å². The molecule has 0 aliphatic heterocycles. The number of hydrogen-bond donors (Lipinski definition) is 0. The molecule has 0 aliphatic rings. The van der Waals surface area contributed by atoms with Gasteiger partial charge in [0, 0.05) is 32.1 Å². The lowest BCUT2D eigenvalue weighted by Gasteiger charge is -1.96. The zero-order valence-corrected chi connectivity index (χ0v) is 9.82. The molecule has 0 N–H and O–H groups in total. The molecule has 18 heavy (non-hydrogen) atoms. The lowest BCUT2D eigenvalue weighted by atomic mass is 10.1. The molecule has 0 atom stereocenters. The zero-order chi connectivity index (χ0) is 12.5. The van der Waals surface area contributed by atoms with Crippen LogP contribution in [-0.4, -0.2) is 30.2 Å². The highest BCUT2D eigenvalue weighted by Gasteiger charge is 2.13. The van der Waals surface area contributed by atoms with Crippen molar-refractivity contribution in [2.24, 2.45) is 7.05 Å². The molecule has 0 saturated carbocycles. The Morgan fingerprint density at radius 2 is 2.17 bits per heavy atom. The van der Waals surface area contributed by atoms with Crippen LogP contribution < -0.4 is 0 Å². The Labute approximate surface area is 103 Å². The van der Waals surface area contributed by atoms with Crippen molar-refractivity contribution in [3.05, 3.63) is 48.3 Å². The number of aromatic nitrogens is 5. The number of carbonyl (C=O) groups excluding carboxylic acids is 1. The molecular formula is C12H11N5O. The van der Waals surface area contributed by atoms with Gasteiger partial charge in [0.2, 0.25) is 0 Å². The summed E-state index contributed by atoms with van der Waals surface area (Å²) in [7, 11) is 1.83. The van der Waals surface area contributed by atoms with Crippen LogP contribution in [0.3, 0.4) is 0 Å². The second kappa shape index (κ2) is 4.06. The zero-order valence-electron chi connectivity index (χ0n) is 9.82. The Bertz CT molecular complexity index is 712. The van der Waals surface area contributed by atoms with E-state index in [0.717, 1.165) is 11.1 Å². The maximum absolute atomic E-state index is 12.2. The first-order valence-corrected chi connectivity index (χ1v) is 5.52. The van der Waals surface area contributed by atoms with Gasteiger partial charge in [-0.1, -0.05) is 0 Å². The fraction of sp³-hybridized carbons (Fsp3) is 0.167. The molecule has 0 amide bonds. The molecule has 6 heteroatoms. The van der Waals surface area contributed by atoms with Gasteiger partial charge in [-0.3, -0.25) is 14.5 Å². The SMILES string of the molecule is Cn1cc(CC(=O)c2cnn3ccncc23)cn1. The lowest BCUT2D eigenvalue weighted by Crippen LogP contribution is -2.02. The van der Waals surface area contributed by atoms with Gasteiger partial charge in [-0.25, -0.2) is 4.52 Å². The van der Waals surface area contributed by atoms with Crippen molar-refractivity contribution in [1.29, 1.82) is 0 Å². The predicted octanol–water partition coefficient (Wildman–Crippen LogP) is 0.888. The molecule has 0 unspecified atom stereocenters. The topological polar surface area (TPSA) is 65.1 Å². The molecule has 3 heterocycles. The highest BCUT2D eigenvalue weighted by molar-refractivity contribution is 6.03. The fourth-order valence-corrected chi connectivity index (χ4v) is 1.89. The van der Waals surface area contributed by atoms with E-state index < -0.39 is 0 Å². The summed E-state index contributed by atoms with van der Waals surface area (Å²) in [5.41, 5.74) is 2.21. The monoisotopic (exact) mass is 241 g/mol. The third-order valence-electron chi connectivity index (χ3n) is 2.75. The maximum Gasteiger partial charge on any atom is 0.171 e. The van der Waals surface area contributed by atoms with Gasteiger partial charge in [-0.2, -0.15) is 10.2 Å². The number of aryl methyl sites for hydroxylation is 1. The van der Waals surface area contributed by atoms with E-state index in [4.69, 9.17) is 0 Å². The van der Waals surface area contributed by atoms with Gasteiger partial charge in [0.1, 0.15) is 0 Å². The van der Waals surface area contributed by atoms with Gasteiger partial charge >= 0.3 is 0 Å². The number of Topliss-reactive ketones (excluding diaryl/α,β-unsaturated/α-hetero) is 1. The Balaban J connectivity index is 1.92. The fourth-order valence-electron chi connectivity index (χ4n) is 1.89. The quantitative estimate of drug-likeness (QED) is 0.639. The third kappa shape index (κ3) is 1.77. The van der Waals surface area contributed by atoms with E-state index in [-0.39, 0.29) is 5.78 Å². The van der Waals surface area contributed by atoms with Gasteiger partial charge in [0.25, 0.3) is 0 Å². The molecule has 6 nitrogen and oxygen atoms in total. The molecular weight excluding hydrogens is 230 g/mol. The van der Waals surface area contributed by atoms with E-state index in [1.807, 2.05) is 13.2 Å². The summed E-state index contributed by atoms with van der Waals surface area (Å²) in [5, 5.41) is 8.17. The summed E-state index contributed by atoms with van der Waals surface area (Å²) in [6.45, 7) is 0. The Hall–Kier alpha value is -2.50. The van der Waals surface area contributed by atoms with E-state index in [0.29, 0.717) is 12.0 Å². The van der Waals surface area contributed by atoms with E-state index in [2.05, 4.69) is 15.2 Å². The smallest absolute Gasteiger partial charge is 0.171 e. The first-order valence-electron chi connectivity index (χ1n) is 5.52. The van der Waals surface area contributed by atoms with E-state index in [1.54, 1.807) is 40.2 Å². The summed E-state index contributed by atoms with van der Waals surface area (Å²) < 4.78 is 3.32. The lowest BCUT2D eigenvalue weighted by molar-refractivity contribution is 0.0994. The van der Waals surface area contributed by atoms with Gasteiger partial charge < -0.3 is 0 Å². The average Bonchev–Trinajstić information content (AvgIpc) is 2.95. The maximum atomic E-state index is 12.2. The van der Waals surface area contributed by atoms with Gasteiger partial charge in [0.15, 0.2) is 5.78 Å². The van der Waals surface area contributed by atoms with Gasteiger partial charge in [0.05, 0.1) is 29.7 Å². The molecule has 0 radical (unpaired) electrons. The van der Waals surface area contributed by atoms with Crippen LogP contribution in [0.2, 0.25) is 0 Å². The molecule has 3 aromatic rings. The summed E-state index contributed by atoms with van der Waals surface area (Å²) in [6, 6.07) is 0. The van der Waals surface area contributed by atoms with Crippen LogP contribution in [-0.2, 0) is 13.5 Å². The number of carbonyl (C=O) groups is 1. The first kappa shape index (κ1) is 10.6. The van der Waals surface area contributed by atoms with Gasteiger partial charge in [-0.15, -0.1) is 0 Å². The van der Waals surface area contributed by atoms with Crippen molar-refractivity contribution < 1.29 is 4.79 Å². The molecule has 90 valence electrons. The van der Waals surface area contributed by atoms with Crippen molar-refractivity contribution >= 4 is 11.3 Å². The molecule has 0 spiro atoms. The summed E-state index contributed by atoms with van der Waals surface area (Å²) in [5.74, 6) is 0.0194. The van der Waals surface area contributed by atoms with Crippen LogP contribution >= 0.6 is 0 Å². The summed E-state index contributed by atoms with van der Waals surface area (Å²) in [6.07, 6.45) is 10.4. The van der Waals surface area contributed by atoms with Crippen molar-refractivity contribution in [3.8, 4) is 0 Å². The molecule has 0 aliphatic carbocycles. The second-order valence-electron chi connectivity index (χ2n) is 4.09. The summed E-state index contributed by atoms with van der Waals surface area (Å²) >= 11 is 0. The van der Waals surface area contributed by atoms with Crippen LogP contribution in [0, 0.1) is 0 Å². The minimum atomic E-state index is 0.0194. The number of rotatable bonds is 3. The minimum Gasteiger partial charge on any atom is -0.294 e. The standard InChI is InChI=1S/C12H11N5O/c1-16-8-9(5-14-16)4-12(18)10-6-15-17-3-2-13-7-11(10)17/h2-3,5-8H,4H2,1H3. The highest BCUT2D eigenvalue weighted by Crippen LogP contribution is 2.12.